The zero-order valence-electron chi connectivity index (χ0n) is 9.89. The van der Waals surface area contributed by atoms with E-state index >= 15 is 0 Å². The van der Waals surface area contributed by atoms with Gasteiger partial charge in [0, 0.05) is 24.6 Å². The fourth-order valence-electron chi connectivity index (χ4n) is 2.03. The molecule has 1 saturated carbocycles. The highest BCUT2D eigenvalue weighted by atomic mass is 16.5. The van der Waals surface area contributed by atoms with Crippen molar-refractivity contribution in [3.05, 3.63) is 29.6 Å². The van der Waals surface area contributed by atoms with Crippen LogP contribution in [0.1, 0.15) is 37.0 Å². The summed E-state index contributed by atoms with van der Waals surface area (Å²) < 4.78 is 5.64. The molecule has 0 bridgehead atoms. The van der Waals surface area contributed by atoms with Gasteiger partial charge in [0.05, 0.1) is 6.10 Å². The minimum atomic E-state index is -0.542. The van der Waals surface area contributed by atoms with Gasteiger partial charge in [0.25, 0.3) is 0 Å². The van der Waals surface area contributed by atoms with Crippen LogP contribution in [0.2, 0.25) is 0 Å². The smallest absolute Gasteiger partial charge is 0.107 e. The first-order valence-electron chi connectivity index (χ1n) is 5.93. The van der Waals surface area contributed by atoms with Gasteiger partial charge in [-0.1, -0.05) is 6.07 Å². The van der Waals surface area contributed by atoms with E-state index in [4.69, 9.17) is 4.74 Å². The maximum Gasteiger partial charge on any atom is 0.107 e. The summed E-state index contributed by atoms with van der Waals surface area (Å²) in [4.78, 5) is 4.11. The van der Waals surface area contributed by atoms with Crippen LogP contribution in [0.5, 0.6) is 0 Å². The molecule has 2 atom stereocenters. The zero-order valence-corrected chi connectivity index (χ0v) is 9.89. The first-order valence-corrected chi connectivity index (χ1v) is 5.93. The number of nitrogens with zero attached hydrogens (tertiary/aromatic N) is 1. The van der Waals surface area contributed by atoms with E-state index in [1.54, 1.807) is 12.4 Å². The van der Waals surface area contributed by atoms with E-state index in [0.29, 0.717) is 12.5 Å². The third-order valence-corrected chi connectivity index (χ3v) is 2.99. The number of aryl methyl sites for hydroxylation is 1. The van der Waals surface area contributed by atoms with Crippen molar-refractivity contribution in [2.24, 2.45) is 5.92 Å². The Morgan fingerprint density at radius 2 is 2.25 bits per heavy atom. The Bertz CT molecular complexity index is 350. The van der Waals surface area contributed by atoms with Crippen molar-refractivity contribution in [2.75, 3.05) is 6.61 Å². The summed E-state index contributed by atoms with van der Waals surface area (Å²) in [7, 11) is 0. The highest BCUT2D eigenvalue weighted by Gasteiger charge is 2.37. The molecule has 1 aromatic rings. The van der Waals surface area contributed by atoms with Crippen LogP contribution in [-0.4, -0.2) is 22.8 Å². The van der Waals surface area contributed by atoms with Crippen LogP contribution in [-0.2, 0) is 4.74 Å². The number of rotatable bonds is 5. The SMILES string of the molecule is CCOC(C1CC1)C(O)c1cncc(C)c1. The molecule has 3 heteroatoms. The normalized spacial score (nSPS) is 19.4. The van der Waals surface area contributed by atoms with Gasteiger partial charge in [0.15, 0.2) is 0 Å². The quantitative estimate of drug-likeness (QED) is 0.829. The van der Waals surface area contributed by atoms with Crippen molar-refractivity contribution >= 4 is 0 Å². The average molecular weight is 221 g/mol. The van der Waals surface area contributed by atoms with Crippen molar-refractivity contribution < 1.29 is 9.84 Å². The van der Waals surface area contributed by atoms with Gasteiger partial charge < -0.3 is 9.84 Å². The number of aliphatic hydroxyl groups is 1. The Kier molecular flexibility index (Phi) is 3.56. The summed E-state index contributed by atoms with van der Waals surface area (Å²) in [6, 6.07) is 1.98. The largest absolute Gasteiger partial charge is 0.386 e. The van der Waals surface area contributed by atoms with Gasteiger partial charge in [-0.25, -0.2) is 0 Å². The lowest BCUT2D eigenvalue weighted by molar-refractivity contribution is -0.0463. The Morgan fingerprint density at radius 3 is 2.81 bits per heavy atom. The second-order valence-corrected chi connectivity index (χ2v) is 4.50. The molecule has 3 nitrogen and oxygen atoms in total. The van der Waals surface area contributed by atoms with E-state index in [2.05, 4.69) is 4.98 Å². The number of aliphatic hydroxyl groups excluding tert-OH is 1. The number of hydrogen-bond acceptors (Lipinski definition) is 3. The van der Waals surface area contributed by atoms with Gasteiger partial charge in [-0.2, -0.15) is 0 Å². The Morgan fingerprint density at radius 1 is 1.50 bits per heavy atom. The molecule has 88 valence electrons. The summed E-state index contributed by atoms with van der Waals surface area (Å²) in [6.07, 6.45) is 5.25. The number of ether oxygens (including phenoxy) is 1. The first-order chi connectivity index (χ1) is 7.72. The molecule has 1 aliphatic carbocycles. The van der Waals surface area contributed by atoms with Crippen LogP contribution in [0.4, 0.5) is 0 Å². The molecule has 0 amide bonds. The molecule has 1 aromatic heterocycles. The molecule has 1 heterocycles. The van der Waals surface area contributed by atoms with Crippen LogP contribution in [0.3, 0.4) is 0 Å². The van der Waals surface area contributed by atoms with Crippen LogP contribution < -0.4 is 0 Å². The lowest BCUT2D eigenvalue weighted by Gasteiger charge is -2.22. The van der Waals surface area contributed by atoms with Gasteiger partial charge in [-0.15, -0.1) is 0 Å². The lowest BCUT2D eigenvalue weighted by atomic mass is 10.0. The molecule has 0 saturated heterocycles. The van der Waals surface area contributed by atoms with Crippen molar-refractivity contribution in [3.63, 3.8) is 0 Å². The van der Waals surface area contributed by atoms with Gasteiger partial charge in [-0.3, -0.25) is 4.98 Å². The predicted octanol–water partition coefficient (Wildman–Crippen LogP) is 2.24. The standard InChI is InChI=1S/C13H19NO2/c1-3-16-13(10-4-5-10)12(15)11-6-9(2)7-14-8-11/h6-8,10,12-13,15H,3-5H2,1-2H3. The molecule has 2 unspecified atom stereocenters. The second-order valence-electron chi connectivity index (χ2n) is 4.50. The van der Waals surface area contributed by atoms with Crippen LogP contribution in [0.15, 0.2) is 18.5 Å². The molecule has 0 radical (unpaired) electrons. The summed E-state index contributed by atoms with van der Waals surface area (Å²) in [6.45, 7) is 4.60. The molecule has 0 aromatic carbocycles. The van der Waals surface area contributed by atoms with Gasteiger partial charge in [-0.05, 0) is 38.2 Å². The predicted molar refractivity (Wildman–Crippen MR) is 62.1 cm³/mol. The fraction of sp³-hybridized carbons (Fsp3) is 0.615. The van der Waals surface area contributed by atoms with Crippen LogP contribution in [0, 0.1) is 12.8 Å². The molecular weight excluding hydrogens is 202 g/mol. The van der Waals surface area contributed by atoms with E-state index < -0.39 is 6.10 Å². The van der Waals surface area contributed by atoms with Crippen molar-refractivity contribution in [2.45, 2.75) is 38.9 Å². The maximum absolute atomic E-state index is 10.3. The third kappa shape index (κ3) is 2.60. The summed E-state index contributed by atoms with van der Waals surface area (Å²) in [5.41, 5.74) is 1.94. The van der Waals surface area contributed by atoms with E-state index in [9.17, 15) is 5.11 Å². The topological polar surface area (TPSA) is 42.4 Å². The van der Waals surface area contributed by atoms with Gasteiger partial charge in [0.1, 0.15) is 6.10 Å². The van der Waals surface area contributed by atoms with Crippen LogP contribution in [0.25, 0.3) is 0 Å². The minimum absolute atomic E-state index is 0.0615. The minimum Gasteiger partial charge on any atom is -0.386 e. The second kappa shape index (κ2) is 4.93. The Hall–Kier alpha value is -0.930. The summed E-state index contributed by atoms with van der Waals surface area (Å²) in [5.74, 6) is 0.524. The maximum atomic E-state index is 10.3. The number of pyridine rings is 1. The number of aromatic nitrogens is 1. The van der Waals surface area contributed by atoms with Gasteiger partial charge >= 0.3 is 0 Å². The lowest BCUT2D eigenvalue weighted by Crippen LogP contribution is -2.24. The molecule has 1 fully saturated rings. The Balaban J connectivity index is 2.12. The van der Waals surface area contributed by atoms with Gasteiger partial charge in [0.2, 0.25) is 0 Å². The molecular formula is C13H19NO2. The van der Waals surface area contributed by atoms with Crippen molar-refractivity contribution in [3.8, 4) is 0 Å². The summed E-state index contributed by atoms with van der Waals surface area (Å²) in [5, 5.41) is 10.3. The van der Waals surface area contributed by atoms with E-state index in [1.807, 2.05) is 19.9 Å². The zero-order chi connectivity index (χ0) is 11.5. The number of hydrogen-bond donors (Lipinski definition) is 1. The molecule has 1 aliphatic rings. The fourth-order valence-corrected chi connectivity index (χ4v) is 2.03. The molecule has 16 heavy (non-hydrogen) atoms. The average Bonchev–Trinajstić information content (AvgIpc) is 3.09. The molecule has 0 aliphatic heterocycles. The molecule has 1 N–H and O–H groups in total. The molecule has 2 rings (SSSR count). The summed E-state index contributed by atoms with van der Waals surface area (Å²) >= 11 is 0. The van der Waals surface area contributed by atoms with E-state index in [1.165, 1.54) is 12.8 Å². The van der Waals surface area contributed by atoms with Crippen LogP contribution >= 0.6 is 0 Å². The van der Waals surface area contributed by atoms with Crippen molar-refractivity contribution in [1.82, 2.24) is 4.98 Å². The monoisotopic (exact) mass is 221 g/mol. The highest BCUT2D eigenvalue weighted by molar-refractivity contribution is 5.20. The first kappa shape index (κ1) is 11.6. The highest BCUT2D eigenvalue weighted by Crippen LogP contribution is 2.39. The molecule has 0 spiro atoms. The third-order valence-electron chi connectivity index (χ3n) is 2.99. The van der Waals surface area contributed by atoms with E-state index in [0.717, 1.165) is 11.1 Å². The van der Waals surface area contributed by atoms with Crippen molar-refractivity contribution in [1.29, 1.82) is 0 Å². The Labute approximate surface area is 96.5 Å². The van der Waals surface area contributed by atoms with E-state index in [-0.39, 0.29) is 6.10 Å².